The van der Waals surface area contributed by atoms with Crippen LogP contribution in [0.15, 0.2) is 112 Å². The summed E-state index contributed by atoms with van der Waals surface area (Å²) in [7, 11) is -3.89. The first-order valence-electron chi connectivity index (χ1n) is 14.1. The molecule has 208 valence electrons. The van der Waals surface area contributed by atoms with Crippen LogP contribution in [0.3, 0.4) is 0 Å². The standard InChI is InChI=1S/C35H34N2O3S/c1-4-5-15-28-25(3)37(31-18-11-9-16-29(28)31)34(26-13-7-6-8-14-26)35-33(30-17-10-12-19-32(30)40-35)36-41(38,39)27-22-20-24(2)21-23-27/h6-14,16-23,34,36H,4-5,15H2,1-3H3. The molecular formula is C35H34N2O3S. The second-order valence-electron chi connectivity index (χ2n) is 10.6. The molecule has 6 rings (SSSR count). The van der Waals surface area contributed by atoms with Crippen LogP contribution in [0.1, 0.15) is 54.0 Å². The number of furan rings is 1. The minimum Gasteiger partial charge on any atom is -0.456 e. The van der Waals surface area contributed by atoms with Crippen LogP contribution in [0.25, 0.3) is 21.9 Å². The van der Waals surface area contributed by atoms with Crippen LogP contribution in [0.2, 0.25) is 0 Å². The second-order valence-corrected chi connectivity index (χ2v) is 12.3. The summed E-state index contributed by atoms with van der Waals surface area (Å²) in [6, 6.07) is 32.7. The van der Waals surface area contributed by atoms with Crippen LogP contribution in [-0.4, -0.2) is 13.0 Å². The normalized spacial score (nSPS) is 12.7. The van der Waals surface area contributed by atoms with E-state index in [1.54, 1.807) is 12.1 Å². The fourth-order valence-corrected chi connectivity index (χ4v) is 6.88. The van der Waals surface area contributed by atoms with Crippen LogP contribution in [0.5, 0.6) is 0 Å². The topological polar surface area (TPSA) is 64.2 Å². The molecule has 5 nitrogen and oxygen atoms in total. The largest absolute Gasteiger partial charge is 0.456 e. The quantitative estimate of drug-likeness (QED) is 0.192. The monoisotopic (exact) mass is 562 g/mol. The Hall–Kier alpha value is -4.29. The summed E-state index contributed by atoms with van der Waals surface area (Å²) in [5.74, 6) is 0.555. The number of nitrogens with one attached hydrogen (secondary N) is 1. The number of benzene rings is 4. The number of hydrogen-bond donors (Lipinski definition) is 1. The molecule has 0 amide bonds. The van der Waals surface area contributed by atoms with Gasteiger partial charge in [-0.05, 0) is 68.1 Å². The number of aryl methyl sites for hydroxylation is 2. The number of nitrogens with zero attached hydrogens (tertiary/aromatic N) is 1. The number of para-hydroxylation sites is 2. The van der Waals surface area contributed by atoms with Gasteiger partial charge in [0.2, 0.25) is 0 Å². The summed E-state index contributed by atoms with van der Waals surface area (Å²) >= 11 is 0. The Morgan fingerprint density at radius 3 is 2.20 bits per heavy atom. The first kappa shape index (κ1) is 26.9. The summed E-state index contributed by atoms with van der Waals surface area (Å²) in [6.07, 6.45) is 3.18. The predicted octanol–water partition coefficient (Wildman–Crippen LogP) is 8.79. The van der Waals surface area contributed by atoms with Gasteiger partial charge < -0.3 is 8.98 Å². The van der Waals surface area contributed by atoms with Crippen LogP contribution in [-0.2, 0) is 16.4 Å². The van der Waals surface area contributed by atoms with Gasteiger partial charge in [-0.15, -0.1) is 0 Å². The Morgan fingerprint density at radius 1 is 0.805 bits per heavy atom. The smallest absolute Gasteiger partial charge is 0.262 e. The van der Waals surface area contributed by atoms with Gasteiger partial charge in [-0.25, -0.2) is 8.42 Å². The average Bonchev–Trinajstić information content (AvgIpc) is 3.47. The molecular weight excluding hydrogens is 528 g/mol. The molecule has 1 unspecified atom stereocenters. The van der Waals surface area contributed by atoms with E-state index < -0.39 is 16.1 Å². The van der Waals surface area contributed by atoms with Crippen LogP contribution >= 0.6 is 0 Å². The lowest BCUT2D eigenvalue weighted by molar-refractivity contribution is 0.492. The van der Waals surface area contributed by atoms with E-state index in [0.29, 0.717) is 17.0 Å². The van der Waals surface area contributed by atoms with Crippen LogP contribution < -0.4 is 4.72 Å². The van der Waals surface area contributed by atoms with Gasteiger partial charge >= 0.3 is 0 Å². The van der Waals surface area contributed by atoms with E-state index in [1.165, 1.54) is 10.9 Å². The highest BCUT2D eigenvalue weighted by Gasteiger charge is 2.31. The number of rotatable bonds is 9. The van der Waals surface area contributed by atoms with Gasteiger partial charge in [0.1, 0.15) is 17.3 Å². The Bertz CT molecular complexity index is 1940. The first-order chi connectivity index (χ1) is 19.9. The third kappa shape index (κ3) is 4.93. The lowest BCUT2D eigenvalue weighted by Gasteiger charge is -2.23. The molecule has 0 radical (unpaired) electrons. The summed E-state index contributed by atoms with van der Waals surface area (Å²) in [6.45, 7) is 6.32. The maximum Gasteiger partial charge on any atom is 0.262 e. The van der Waals surface area contributed by atoms with E-state index in [2.05, 4.69) is 59.5 Å². The van der Waals surface area contributed by atoms with Crippen molar-refractivity contribution in [3.05, 3.63) is 131 Å². The van der Waals surface area contributed by atoms with Crippen LogP contribution in [0, 0.1) is 13.8 Å². The number of sulfonamides is 1. The molecule has 0 saturated heterocycles. The molecule has 0 aliphatic carbocycles. The number of aromatic nitrogens is 1. The van der Waals surface area contributed by atoms with E-state index in [1.807, 2.05) is 61.5 Å². The molecule has 1 N–H and O–H groups in total. The van der Waals surface area contributed by atoms with Crippen molar-refractivity contribution >= 4 is 37.6 Å². The Kier molecular flexibility index (Phi) is 7.18. The molecule has 6 heteroatoms. The van der Waals surface area contributed by atoms with E-state index in [-0.39, 0.29) is 4.90 Å². The first-order valence-corrected chi connectivity index (χ1v) is 15.6. The molecule has 0 fully saturated rings. The third-order valence-electron chi connectivity index (χ3n) is 7.88. The van der Waals surface area contributed by atoms with E-state index in [4.69, 9.17) is 4.42 Å². The van der Waals surface area contributed by atoms with Crippen molar-refractivity contribution in [2.75, 3.05) is 4.72 Å². The maximum atomic E-state index is 13.7. The minimum atomic E-state index is -3.89. The zero-order valence-electron chi connectivity index (χ0n) is 23.6. The highest BCUT2D eigenvalue weighted by molar-refractivity contribution is 7.92. The molecule has 0 aliphatic heterocycles. The van der Waals surface area contributed by atoms with Crippen molar-refractivity contribution < 1.29 is 12.8 Å². The van der Waals surface area contributed by atoms with Crippen molar-refractivity contribution in [2.24, 2.45) is 0 Å². The summed E-state index contributed by atoms with van der Waals surface area (Å²) in [5.41, 5.74) is 6.66. The molecule has 2 heterocycles. The fraction of sp³-hybridized carbons (Fsp3) is 0.200. The van der Waals surface area contributed by atoms with Gasteiger partial charge in [-0.2, -0.15) is 0 Å². The van der Waals surface area contributed by atoms with E-state index >= 15 is 0 Å². The zero-order chi connectivity index (χ0) is 28.6. The number of hydrogen-bond acceptors (Lipinski definition) is 3. The van der Waals surface area contributed by atoms with Crippen LogP contribution in [0.4, 0.5) is 5.69 Å². The Morgan fingerprint density at radius 2 is 1.46 bits per heavy atom. The highest BCUT2D eigenvalue weighted by atomic mass is 32.2. The van der Waals surface area contributed by atoms with Crippen molar-refractivity contribution in [3.8, 4) is 0 Å². The van der Waals surface area contributed by atoms with Gasteiger partial charge in [0.15, 0.2) is 5.76 Å². The highest BCUT2D eigenvalue weighted by Crippen LogP contribution is 2.43. The summed E-state index contributed by atoms with van der Waals surface area (Å²) in [5, 5.41) is 1.94. The van der Waals surface area contributed by atoms with Crippen molar-refractivity contribution in [1.29, 1.82) is 0 Å². The average molecular weight is 563 g/mol. The molecule has 4 aromatic carbocycles. The predicted molar refractivity (Wildman–Crippen MR) is 167 cm³/mol. The van der Waals surface area contributed by atoms with Crippen molar-refractivity contribution in [2.45, 2.75) is 51.0 Å². The van der Waals surface area contributed by atoms with E-state index in [0.717, 1.165) is 47.0 Å². The third-order valence-corrected chi connectivity index (χ3v) is 9.25. The van der Waals surface area contributed by atoms with Crippen molar-refractivity contribution in [3.63, 3.8) is 0 Å². The molecule has 1 atom stereocenters. The molecule has 6 aromatic rings. The molecule has 0 aliphatic rings. The number of unbranched alkanes of at least 4 members (excludes halogenated alkanes) is 1. The zero-order valence-corrected chi connectivity index (χ0v) is 24.4. The van der Waals surface area contributed by atoms with Gasteiger partial charge in [0, 0.05) is 22.0 Å². The molecule has 0 saturated carbocycles. The fourth-order valence-electron chi connectivity index (χ4n) is 5.79. The summed E-state index contributed by atoms with van der Waals surface area (Å²) < 4.78 is 39.4. The second kappa shape index (κ2) is 10.9. The van der Waals surface area contributed by atoms with Gasteiger partial charge in [0.25, 0.3) is 10.0 Å². The van der Waals surface area contributed by atoms with Crippen molar-refractivity contribution in [1.82, 2.24) is 4.57 Å². The molecule has 41 heavy (non-hydrogen) atoms. The molecule has 0 spiro atoms. The minimum absolute atomic E-state index is 0.208. The van der Waals surface area contributed by atoms with Gasteiger partial charge in [-0.1, -0.05) is 91.7 Å². The number of fused-ring (bicyclic) bond motifs is 2. The lowest BCUT2D eigenvalue weighted by atomic mass is 10.0. The van der Waals surface area contributed by atoms with Gasteiger partial charge in [0.05, 0.1) is 4.90 Å². The maximum absolute atomic E-state index is 13.7. The Balaban J connectivity index is 1.62. The summed E-state index contributed by atoms with van der Waals surface area (Å²) in [4.78, 5) is 0.208. The molecule has 2 aromatic heterocycles. The Labute approximate surface area is 241 Å². The SMILES string of the molecule is CCCCc1c(C)n(C(c2ccccc2)c2oc3ccccc3c2NS(=O)(=O)c2ccc(C)cc2)c2ccccc12. The van der Waals surface area contributed by atoms with Gasteiger partial charge in [-0.3, -0.25) is 4.72 Å². The van der Waals surface area contributed by atoms with E-state index in [9.17, 15) is 8.42 Å². The molecule has 0 bridgehead atoms. The number of anilines is 1. The lowest BCUT2D eigenvalue weighted by Crippen LogP contribution is -2.18.